The van der Waals surface area contributed by atoms with E-state index in [1.54, 1.807) is 11.3 Å². The molecule has 1 aliphatic heterocycles. The zero-order chi connectivity index (χ0) is 22.4. The highest BCUT2D eigenvalue weighted by atomic mass is 32.2. The van der Waals surface area contributed by atoms with Crippen molar-refractivity contribution in [2.45, 2.75) is 24.7 Å². The van der Waals surface area contributed by atoms with Gasteiger partial charge in [0, 0.05) is 29.9 Å². The molecular formula is C27H23N3OS2. The maximum absolute atomic E-state index is 14.0. The lowest BCUT2D eigenvalue weighted by molar-refractivity contribution is 0.249. The van der Waals surface area contributed by atoms with Crippen molar-refractivity contribution in [1.82, 2.24) is 14.5 Å². The van der Waals surface area contributed by atoms with Gasteiger partial charge in [-0.3, -0.25) is 14.3 Å². The Morgan fingerprint density at radius 1 is 1.00 bits per heavy atom. The Bertz CT molecular complexity index is 1530. The number of fused-ring (bicyclic) bond motifs is 4. The van der Waals surface area contributed by atoms with Gasteiger partial charge >= 0.3 is 0 Å². The molecule has 0 radical (unpaired) electrons. The molecule has 0 saturated carbocycles. The molecule has 2 aromatic heterocycles. The third-order valence-electron chi connectivity index (χ3n) is 6.36. The largest absolute Gasteiger partial charge is 0.294 e. The van der Waals surface area contributed by atoms with E-state index in [1.165, 1.54) is 27.8 Å². The lowest BCUT2D eigenvalue weighted by Crippen LogP contribution is -2.30. The summed E-state index contributed by atoms with van der Waals surface area (Å²) in [6.45, 7) is 2.75. The van der Waals surface area contributed by atoms with Crippen molar-refractivity contribution in [3.63, 3.8) is 0 Å². The van der Waals surface area contributed by atoms with Crippen LogP contribution in [-0.4, -0.2) is 27.3 Å². The van der Waals surface area contributed by atoms with Gasteiger partial charge in [-0.2, -0.15) is 0 Å². The Hall–Kier alpha value is -2.93. The predicted octanol–water partition coefficient (Wildman–Crippen LogP) is 5.88. The van der Waals surface area contributed by atoms with Crippen molar-refractivity contribution in [2.75, 3.05) is 12.8 Å². The monoisotopic (exact) mass is 469 g/mol. The van der Waals surface area contributed by atoms with Crippen LogP contribution >= 0.6 is 23.1 Å². The molecule has 1 aliphatic rings. The summed E-state index contributed by atoms with van der Waals surface area (Å²) in [5, 5.41) is 3.73. The minimum Gasteiger partial charge on any atom is -0.294 e. The van der Waals surface area contributed by atoms with Crippen LogP contribution in [0.4, 0.5) is 0 Å². The molecule has 3 aromatic carbocycles. The van der Waals surface area contributed by atoms with E-state index in [0.717, 1.165) is 57.9 Å². The van der Waals surface area contributed by atoms with Crippen molar-refractivity contribution >= 4 is 44.1 Å². The van der Waals surface area contributed by atoms with E-state index >= 15 is 0 Å². The number of hydrogen-bond donors (Lipinski definition) is 0. The molecule has 3 heterocycles. The first-order chi connectivity index (χ1) is 16.2. The number of nitrogens with zero attached hydrogens (tertiary/aromatic N) is 3. The van der Waals surface area contributed by atoms with Crippen LogP contribution in [0.5, 0.6) is 0 Å². The number of aromatic nitrogens is 2. The Morgan fingerprint density at radius 2 is 1.79 bits per heavy atom. The predicted molar refractivity (Wildman–Crippen MR) is 139 cm³/mol. The summed E-state index contributed by atoms with van der Waals surface area (Å²) < 4.78 is 1.82. The van der Waals surface area contributed by atoms with Crippen LogP contribution in [0.15, 0.2) is 82.7 Å². The maximum atomic E-state index is 14.0. The lowest BCUT2D eigenvalue weighted by Gasteiger charge is -2.26. The minimum atomic E-state index is 0.0507. The van der Waals surface area contributed by atoms with Crippen molar-refractivity contribution in [1.29, 1.82) is 0 Å². The summed E-state index contributed by atoms with van der Waals surface area (Å²) in [4.78, 5) is 23.5. The van der Waals surface area contributed by atoms with Gasteiger partial charge < -0.3 is 0 Å². The van der Waals surface area contributed by atoms with Gasteiger partial charge in [0.15, 0.2) is 5.16 Å². The summed E-state index contributed by atoms with van der Waals surface area (Å²) in [5.41, 5.74) is 3.47. The smallest absolute Gasteiger partial charge is 0.267 e. The van der Waals surface area contributed by atoms with E-state index in [4.69, 9.17) is 4.98 Å². The highest BCUT2D eigenvalue weighted by Crippen LogP contribution is 2.35. The molecule has 0 bridgehead atoms. The van der Waals surface area contributed by atoms with Crippen LogP contribution in [0.25, 0.3) is 26.7 Å². The second-order valence-corrected chi connectivity index (χ2v) is 10.2. The van der Waals surface area contributed by atoms with Crippen LogP contribution in [0.1, 0.15) is 16.0 Å². The van der Waals surface area contributed by atoms with Gasteiger partial charge in [-0.25, -0.2) is 4.98 Å². The molecule has 4 nitrogen and oxygen atoms in total. The normalized spacial score (nSPS) is 14.1. The zero-order valence-electron chi connectivity index (χ0n) is 18.3. The molecule has 0 amide bonds. The minimum absolute atomic E-state index is 0.0507. The summed E-state index contributed by atoms with van der Waals surface area (Å²) >= 11 is 3.21. The third kappa shape index (κ3) is 3.59. The molecule has 33 heavy (non-hydrogen) atoms. The third-order valence-corrected chi connectivity index (χ3v) is 8.11. The summed E-state index contributed by atoms with van der Waals surface area (Å²) in [7, 11) is 0. The Labute approximate surface area is 200 Å². The van der Waals surface area contributed by atoms with Crippen LogP contribution < -0.4 is 5.56 Å². The first kappa shape index (κ1) is 20.7. The molecule has 0 fully saturated rings. The van der Waals surface area contributed by atoms with Gasteiger partial charge in [0.1, 0.15) is 4.83 Å². The average molecular weight is 470 g/mol. The van der Waals surface area contributed by atoms with Gasteiger partial charge in [0.05, 0.1) is 11.1 Å². The van der Waals surface area contributed by atoms with E-state index in [1.807, 2.05) is 35.1 Å². The van der Waals surface area contributed by atoms with Crippen LogP contribution in [-0.2, 0) is 19.5 Å². The van der Waals surface area contributed by atoms with Crippen molar-refractivity contribution in [2.24, 2.45) is 0 Å². The van der Waals surface area contributed by atoms with Gasteiger partial charge in [0.2, 0.25) is 0 Å². The van der Waals surface area contributed by atoms with Crippen LogP contribution in [0, 0.1) is 0 Å². The summed E-state index contributed by atoms with van der Waals surface area (Å²) in [6.07, 6.45) is 2.87. The molecule has 5 aromatic rings. The SMILES string of the molecule is CSc1nc2sc3c(c2c(=O)n1-c1cccc2ccccc12)CCN(Cc1ccccc1)C3. The highest BCUT2D eigenvalue weighted by molar-refractivity contribution is 7.98. The number of thiophene rings is 1. The standard InChI is InChI=1S/C27H23N3OS2/c1-32-27-28-25-24(26(31)30(27)22-13-7-11-19-10-5-6-12-20(19)22)21-14-15-29(17-23(21)33-25)16-18-8-3-2-4-9-18/h2-13H,14-17H2,1H3. The molecule has 0 unspecified atom stereocenters. The molecular weight excluding hydrogens is 446 g/mol. The van der Waals surface area contributed by atoms with Crippen LogP contribution in [0.2, 0.25) is 0 Å². The van der Waals surface area contributed by atoms with Crippen LogP contribution in [0.3, 0.4) is 0 Å². The van der Waals surface area contributed by atoms with Gasteiger partial charge in [-0.1, -0.05) is 78.5 Å². The molecule has 164 valence electrons. The van der Waals surface area contributed by atoms with Gasteiger partial charge in [-0.15, -0.1) is 11.3 Å². The molecule has 0 atom stereocenters. The Morgan fingerprint density at radius 3 is 2.64 bits per heavy atom. The average Bonchev–Trinajstić information content (AvgIpc) is 3.22. The Balaban J connectivity index is 1.48. The molecule has 0 aliphatic carbocycles. The van der Waals surface area contributed by atoms with Crippen molar-refractivity contribution in [3.05, 3.63) is 99.2 Å². The van der Waals surface area contributed by atoms with Crippen molar-refractivity contribution < 1.29 is 0 Å². The fraction of sp³-hybridized carbons (Fsp3) is 0.185. The van der Waals surface area contributed by atoms with E-state index in [2.05, 4.69) is 53.4 Å². The lowest BCUT2D eigenvalue weighted by atomic mass is 10.0. The van der Waals surface area contributed by atoms with E-state index in [9.17, 15) is 4.79 Å². The van der Waals surface area contributed by atoms with E-state index < -0.39 is 0 Å². The van der Waals surface area contributed by atoms with E-state index in [0.29, 0.717) is 0 Å². The molecule has 6 rings (SSSR count). The highest BCUT2D eigenvalue weighted by Gasteiger charge is 2.25. The maximum Gasteiger partial charge on any atom is 0.267 e. The second kappa shape index (κ2) is 8.45. The van der Waals surface area contributed by atoms with E-state index in [-0.39, 0.29) is 5.56 Å². The van der Waals surface area contributed by atoms with Gasteiger partial charge in [-0.05, 0) is 35.3 Å². The zero-order valence-corrected chi connectivity index (χ0v) is 20.0. The number of thioether (sulfide) groups is 1. The molecule has 0 spiro atoms. The first-order valence-corrected chi connectivity index (χ1v) is 13.1. The molecule has 0 N–H and O–H groups in total. The fourth-order valence-electron chi connectivity index (χ4n) is 4.81. The molecule has 0 saturated heterocycles. The molecule has 6 heteroatoms. The topological polar surface area (TPSA) is 38.1 Å². The summed E-state index contributed by atoms with van der Waals surface area (Å²) in [6, 6.07) is 24.9. The van der Waals surface area contributed by atoms with Crippen molar-refractivity contribution in [3.8, 4) is 5.69 Å². The quantitative estimate of drug-likeness (QED) is 0.243. The first-order valence-electron chi connectivity index (χ1n) is 11.1. The summed E-state index contributed by atoms with van der Waals surface area (Å²) in [5.74, 6) is 0. The Kier molecular flexibility index (Phi) is 5.29. The number of hydrogen-bond acceptors (Lipinski definition) is 5. The fourth-order valence-corrected chi connectivity index (χ4v) is 6.66. The second-order valence-electron chi connectivity index (χ2n) is 8.37. The van der Waals surface area contributed by atoms with Gasteiger partial charge in [0.25, 0.3) is 5.56 Å². The number of rotatable bonds is 4. The number of benzene rings is 3.